The maximum Gasteiger partial charge on any atom is 0.241 e. The lowest BCUT2D eigenvalue weighted by Gasteiger charge is -2.21. The third kappa shape index (κ3) is 6.20. The molecule has 29 heavy (non-hydrogen) atoms. The third-order valence-electron chi connectivity index (χ3n) is 4.56. The Labute approximate surface area is 172 Å². The number of nitrogens with one attached hydrogen (secondary N) is 2. The predicted octanol–water partition coefficient (Wildman–Crippen LogP) is 2.51. The van der Waals surface area contributed by atoms with Crippen molar-refractivity contribution >= 4 is 15.9 Å². The van der Waals surface area contributed by atoms with Gasteiger partial charge in [-0.3, -0.25) is 4.79 Å². The summed E-state index contributed by atoms with van der Waals surface area (Å²) in [4.78, 5) is 12.8. The topological polar surface area (TPSA) is 93.7 Å². The molecule has 8 heteroatoms. The number of carbonyl (C=O) groups is 1. The van der Waals surface area contributed by atoms with Gasteiger partial charge in [0.1, 0.15) is 6.04 Å². The standard InChI is InChI=1S/C21H28N2O5S/c1-5-15(2)22-21(24)18(13-16-9-7-6-8-10-16)23-29(25,26)17-11-12-19(27-3)20(14-17)28-4/h6-12,14-15,18,23H,5,13H2,1-4H3,(H,22,24)/t15-,18+/m0/s1. The Kier molecular flexibility index (Phi) is 8.04. The molecule has 0 saturated heterocycles. The number of hydrogen-bond donors (Lipinski definition) is 2. The van der Waals surface area contributed by atoms with Gasteiger partial charge in [0.2, 0.25) is 15.9 Å². The van der Waals surface area contributed by atoms with Gasteiger partial charge in [0.15, 0.2) is 11.5 Å². The van der Waals surface area contributed by atoms with Crippen LogP contribution >= 0.6 is 0 Å². The van der Waals surface area contributed by atoms with E-state index in [4.69, 9.17) is 9.47 Å². The fourth-order valence-electron chi connectivity index (χ4n) is 2.72. The van der Waals surface area contributed by atoms with Gasteiger partial charge in [0, 0.05) is 12.1 Å². The minimum atomic E-state index is -3.97. The van der Waals surface area contributed by atoms with Crippen LogP contribution in [0.3, 0.4) is 0 Å². The van der Waals surface area contributed by atoms with Crippen LogP contribution in [0.2, 0.25) is 0 Å². The van der Waals surface area contributed by atoms with Crippen molar-refractivity contribution in [2.75, 3.05) is 14.2 Å². The summed E-state index contributed by atoms with van der Waals surface area (Å²) in [6.45, 7) is 3.82. The molecule has 1 amide bonds. The molecule has 2 aromatic rings. The number of sulfonamides is 1. The van der Waals surface area contributed by atoms with Crippen molar-refractivity contribution in [1.82, 2.24) is 10.0 Å². The fourth-order valence-corrected chi connectivity index (χ4v) is 3.93. The van der Waals surface area contributed by atoms with Crippen molar-refractivity contribution in [2.24, 2.45) is 0 Å². The molecule has 158 valence electrons. The van der Waals surface area contributed by atoms with Crippen molar-refractivity contribution in [3.05, 3.63) is 54.1 Å². The van der Waals surface area contributed by atoms with E-state index in [1.54, 1.807) is 0 Å². The molecule has 0 fully saturated rings. The van der Waals surface area contributed by atoms with Gasteiger partial charge < -0.3 is 14.8 Å². The molecule has 7 nitrogen and oxygen atoms in total. The summed E-state index contributed by atoms with van der Waals surface area (Å²) in [6, 6.07) is 12.6. The lowest BCUT2D eigenvalue weighted by molar-refractivity contribution is -0.123. The Morgan fingerprint density at radius 2 is 1.69 bits per heavy atom. The van der Waals surface area contributed by atoms with Crippen LogP contribution < -0.4 is 19.5 Å². The highest BCUT2D eigenvalue weighted by molar-refractivity contribution is 7.89. The number of benzene rings is 2. The van der Waals surface area contributed by atoms with Crippen LogP contribution in [0.4, 0.5) is 0 Å². The van der Waals surface area contributed by atoms with Gasteiger partial charge in [-0.15, -0.1) is 0 Å². The van der Waals surface area contributed by atoms with Gasteiger partial charge in [-0.05, 0) is 37.5 Å². The Bertz CT molecular complexity index is 916. The molecular formula is C21H28N2O5S. The van der Waals surface area contributed by atoms with E-state index in [2.05, 4.69) is 10.0 Å². The zero-order valence-electron chi connectivity index (χ0n) is 17.1. The normalized spacial score (nSPS) is 13.4. The first-order valence-electron chi connectivity index (χ1n) is 9.39. The molecule has 0 aliphatic carbocycles. The fraction of sp³-hybridized carbons (Fsp3) is 0.381. The van der Waals surface area contributed by atoms with Gasteiger partial charge >= 0.3 is 0 Å². The van der Waals surface area contributed by atoms with Crippen LogP contribution in [0.25, 0.3) is 0 Å². The molecule has 0 bridgehead atoms. The van der Waals surface area contributed by atoms with E-state index in [0.29, 0.717) is 11.5 Å². The minimum Gasteiger partial charge on any atom is -0.493 e. The summed E-state index contributed by atoms with van der Waals surface area (Å²) >= 11 is 0. The van der Waals surface area contributed by atoms with Gasteiger partial charge in [-0.25, -0.2) is 8.42 Å². The van der Waals surface area contributed by atoms with Crippen molar-refractivity contribution in [3.63, 3.8) is 0 Å². The van der Waals surface area contributed by atoms with Crippen LogP contribution in [-0.2, 0) is 21.2 Å². The van der Waals surface area contributed by atoms with E-state index in [1.165, 1.54) is 32.4 Å². The number of ether oxygens (including phenoxy) is 2. The molecule has 0 unspecified atom stereocenters. The Morgan fingerprint density at radius 3 is 2.28 bits per heavy atom. The first kappa shape index (κ1) is 22.7. The second-order valence-electron chi connectivity index (χ2n) is 6.70. The number of amides is 1. The van der Waals surface area contributed by atoms with E-state index in [0.717, 1.165) is 12.0 Å². The average Bonchev–Trinajstić information content (AvgIpc) is 2.73. The lowest BCUT2D eigenvalue weighted by atomic mass is 10.1. The quantitative estimate of drug-likeness (QED) is 0.616. The number of rotatable bonds is 10. The summed E-state index contributed by atoms with van der Waals surface area (Å²) < 4.78 is 38.8. The molecular weight excluding hydrogens is 392 g/mol. The highest BCUT2D eigenvalue weighted by Crippen LogP contribution is 2.29. The van der Waals surface area contributed by atoms with E-state index in [9.17, 15) is 13.2 Å². The summed E-state index contributed by atoms with van der Waals surface area (Å²) in [5.74, 6) is 0.341. The second-order valence-corrected chi connectivity index (χ2v) is 8.41. The largest absolute Gasteiger partial charge is 0.493 e. The van der Waals surface area contributed by atoms with Crippen molar-refractivity contribution in [2.45, 2.75) is 43.7 Å². The molecule has 0 aromatic heterocycles. The molecule has 0 aliphatic heterocycles. The van der Waals surface area contributed by atoms with E-state index in [1.807, 2.05) is 44.2 Å². The van der Waals surface area contributed by atoms with Gasteiger partial charge in [0.25, 0.3) is 0 Å². The van der Waals surface area contributed by atoms with Gasteiger partial charge in [-0.1, -0.05) is 37.3 Å². The van der Waals surface area contributed by atoms with Crippen molar-refractivity contribution in [1.29, 1.82) is 0 Å². The molecule has 0 heterocycles. The summed E-state index contributed by atoms with van der Waals surface area (Å²) in [6.07, 6.45) is 0.974. The van der Waals surface area contributed by atoms with E-state index < -0.39 is 16.1 Å². The zero-order valence-corrected chi connectivity index (χ0v) is 18.0. The number of carbonyl (C=O) groups excluding carboxylic acids is 1. The zero-order chi connectivity index (χ0) is 21.4. The Morgan fingerprint density at radius 1 is 1.03 bits per heavy atom. The molecule has 2 N–H and O–H groups in total. The second kappa shape index (κ2) is 10.3. The summed E-state index contributed by atoms with van der Waals surface area (Å²) in [7, 11) is -1.07. The highest BCUT2D eigenvalue weighted by Gasteiger charge is 2.27. The first-order chi connectivity index (χ1) is 13.8. The predicted molar refractivity (Wildman–Crippen MR) is 112 cm³/mol. The monoisotopic (exact) mass is 420 g/mol. The van der Waals surface area contributed by atoms with Crippen LogP contribution in [-0.4, -0.2) is 40.6 Å². The molecule has 0 aliphatic rings. The van der Waals surface area contributed by atoms with Crippen LogP contribution in [0.5, 0.6) is 11.5 Å². The van der Waals surface area contributed by atoms with E-state index in [-0.39, 0.29) is 23.3 Å². The lowest BCUT2D eigenvalue weighted by Crippen LogP contribution is -2.50. The SMILES string of the molecule is CC[C@H](C)NC(=O)[C@@H](Cc1ccccc1)NS(=O)(=O)c1ccc(OC)c(OC)c1. The Balaban J connectivity index is 2.31. The van der Waals surface area contributed by atoms with Gasteiger partial charge in [-0.2, -0.15) is 4.72 Å². The molecule has 2 atom stereocenters. The molecule has 2 aromatic carbocycles. The average molecular weight is 421 g/mol. The first-order valence-corrected chi connectivity index (χ1v) is 10.9. The Hall–Kier alpha value is -2.58. The highest BCUT2D eigenvalue weighted by atomic mass is 32.2. The maximum absolute atomic E-state index is 13.0. The van der Waals surface area contributed by atoms with Crippen molar-refractivity contribution in [3.8, 4) is 11.5 Å². The van der Waals surface area contributed by atoms with Crippen LogP contribution in [0, 0.1) is 0 Å². The van der Waals surface area contributed by atoms with Crippen LogP contribution in [0.1, 0.15) is 25.8 Å². The van der Waals surface area contributed by atoms with Crippen LogP contribution in [0.15, 0.2) is 53.4 Å². The molecule has 0 spiro atoms. The van der Waals surface area contributed by atoms with Crippen molar-refractivity contribution < 1.29 is 22.7 Å². The third-order valence-corrected chi connectivity index (χ3v) is 6.03. The number of hydrogen-bond acceptors (Lipinski definition) is 5. The maximum atomic E-state index is 13.0. The smallest absolute Gasteiger partial charge is 0.241 e. The molecule has 0 radical (unpaired) electrons. The molecule has 2 rings (SSSR count). The van der Waals surface area contributed by atoms with E-state index >= 15 is 0 Å². The number of methoxy groups -OCH3 is 2. The minimum absolute atomic E-state index is 0.00967. The molecule has 0 saturated carbocycles. The summed E-state index contributed by atoms with van der Waals surface area (Å²) in [5.41, 5.74) is 0.854. The summed E-state index contributed by atoms with van der Waals surface area (Å²) in [5, 5.41) is 2.85. The van der Waals surface area contributed by atoms with Gasteiger partial charge in [0.05, 0.1) is 19.1 Å².